The maximum atomic E-state index is 13.3. The highest BCUT2D eigenvalue weighted by molar-refractivity contribution is 7.87. The van der Waals surface area contributed by atoms with E-state index >= 15 is 0 Å². The lowest BCUT2D eigenvalue weighted by atomic mass is 10.1. The molecule has 0 aliphatic heterocycles. The van der Waals surface area contributed by atoms with Crippen molar-refractivity contribution in [1.82, 2.24) is 4.90 Å². The van der Waals surface area contributed by atoms with E-state index in [1.807, 2.05) is 6.92 Å². The number of esters is 1. The fourth-order valence-electron chi connectivity index (χ4n) is 3.88. The summed E-state index contributed by atoms with van der Waals surface area (Å²) in [6.45, 7) is 2.56. The van der Waals surface area contributed by atoms with E-state index in [1.165, 1.54) is 36.6 Å². The number of hydrogen-bond acceptors (Lipinski definition) is 7. The Kier molecular flexibility index (Phi) is 9.63. The van der Waals surface area contributed by atoms with E-state index in [2.05, 4.69) is 0 Å². The molecule has 0 bridgehead atoms. The second-order valence-corrected chi connectivity index (χ2v) is 10.8. The molecule has 0 spiro atoms. The predicted molar refractivity (Wildman–Crippen MR) is 150 cm³/mol. The normalized spacial score (nSPS) is 11.2. The summed E-state index contributed by atoms with van der Waals surface area (Å²) in [5.41, 5.74) is 0.979. The van der Waals surface area contributed by atoms with Crippen LogP contribution in [0.3, 0.4) is 0 Å². The molecule has 1 aromatic heterocycles. The third-order valence-corrected chi connectivity index (χ3v) is 7.56. The summed E-state index contributed by atoms with van der Waals surface area (Å²) in [5.74, 6) is -0.370. The number of benzene rings is 3. The Balaban J connectivity index is 1.51. The van der Waals surface area contributed by atoms with E-state index in [0.29, 0.717) is 22.8 Å². The fourth-order valence-corrected chi connectivity index (χ4v) is 5.21. The van der Waals surface area contributed by atoms with Crippen LogP contribution in [0.15, 0.2) is 101 Å². The molecule has 0 aliphatic rings. The van der Waals surface area contributed by atoms with Crippen molar-refractivity contribution >= 4 is 33.6 Å². The number of ether oxygens (including phenoxy) is 1. The third kappa shape index (κ3) is 7.31. The Hall–Kier alpha value is -4.08. The summed E-state index contributed by atoms with van der Waals surface area (Å²) in [6, 6.07) is 22.3. The van der Waals surface area contributed by atoms with Crippen molar-refractivity contribution in [3.63, 3.8) is 0 Å². The highest BCUT2D eigenvalue weighted by Crippen LogP contribution is 2.25. The second kappa shape index (κ2) is 13.3. The Labute approximate surface area is 238 Å². The van der Waals surface area contributed by atoms with Crippen molar-refractivity contribution in [1.29, 1.82) is 0 Å². The van der Waals surface area contributed by atoms with E-state index in [0.717, 1.165) is 12.0 Å². The standard InChI is InChI=1S/C30H28ClNO7S/c1-2-3-18-38-30(34)26-11-5-7-13-28(26)40(35,36)39-23-16-14-22(15-17-23)20-32(21-24-9-8-19-37-24)29(33)25-10-4-6-12-27(25)31/h4-17,19H,2-3,18,20-21H2,1H3. The van der Waals surface area contributed by atoms with Crippen LogP contribution in [0.25, 0.3) is 0 Å². The van der Waals surface area contributed by atoms with Crippen LogP contribution in [0.2, 0.25) is 5.02 Å². The van der Waals surface area contributed by atoms with Gasteiger partial charge in [0.25, 0.3) is 5.91 Å². The molecule has 0 saturated heterocycles. The van der Waals surface area contributed by atoms with Crippen molar-refractivity contribution in [2.45, 2.75) is 37.8 Å². The maximum Gasteiger partial charge on any atom is 0.340 e. The Bertz CT molecular complexity index is 1550. The van der Waals surface area contributed by atoms with E-state index < -0.39 is 16.1 Å². The van der Waals surface area contributed by atoms with Crippen LogP contribution in [0.1, 0.15) is 51.8 Å². The van der Waals surface area contributed by atoms with Crippen LogP contribution in [-0.2, 0) is 27.9 Å². The van der Waals surface area contributed by atoms with Gasteiger partial charge in [-0.3, -0.25) is 4.79 Å². The van der Waals surface area contributed by atoms with Gasteiger partial charge < -0.3 is 18.2 Å². The molecule has 1 amide bonds. The second-order valence-electron chi connectivity index (χ2n) is 8.89. The van der Waals surface area contributed by atoms with E-state index in [9.17, 15) is 18.0 Å². The van der Waals surface area contributed by atoms with E-state index in [1.54, 1.807) is 59.5 Å². The fraction of sp³-hybridized carbons (Fsp3) is 0.200. The Morgan fingerprint density at radius 3 is 2.25 bits per heavy atom. The van der Waals surface area contributed by atoms with Gasteiger partial charge in [-0.15, -0.1) is 0 Å². The molecule has 4 aromatic rings. The number of rotatable bonds is 12. The minimum atomic E-state index is -4.34. The molecule has 10 heteroatoms. The van der Waals surface area contributed by atoms with E-state index in [4.69, 9.17) is 24.9 Å². The maximum absolute atomic E-state index is 13.3. The van der Waals surface area contributed by atoms with Crippen molar-refractivity contribution in [2.24, 2.45) is 0 Å². The lowest BCUT2D eigenvalue weighted by molar-refractivity contribution is 0.0494. The zero-order valence-electron chi connectivity index (χ0n) is 21.8. The van der Waals surface area contributed by atoms with Crippen LogP contribution in [0, 0.1) is 0 Å². The summed E-state index contributed by atoms with van der Waals surface area (Å²) in [6.07, 6.45) is 3.04. The molecule has 0 N–H and O–H groups in total. The van der Waals surface area contributed by atoms with Gasteiger partial charge in [0.1, 0.15) is 16.4 Å². The van der Waals surface area contributed by atoms with Crippen LogP contribution in [0.4, 0.5) is 0 Å². The summed E-state index contributed by atoms with van der Waals surface area (Å²) < 4.78 is 42.1. The molecule has 0 fully saturated rings. The molecule has 0 saturated carbocycles. The van der Waals surface area contributed by atoms with Gasteiger partial charge in [0.2, 0.25) is 0 Å². The molecular weight excluding hydrogens is 554 g/mol. The highest BCUT2D eigenvalue weighted by atomic mass is 35.5. The highest BCUT2D eigenvalue weighted by Gasteiger charge is 2.25. The number of unbranched alkanes of at least 4 members (excludes halogenated alkanes) is 1. The SMILES string of the molecule is CCCCOC(=O)c1ccccc1S(=O)(=O)Oc1ccc(CN(Cc2ccco2)C(=O)c2ccccc2Cl)cc1. The minimum absolute atomic E-state index is 0.0490. The van der Waals surface area contributed by atoms with Crippen LogP contribution >= 0.6 is 11.6 Å². The molecular formula is C30H28ClNO7S. The molecule has 4 rings (SSSR count). The topological polar surface area (TPSA) is 103 Å². The first-order chi connectivity index (χ1) is 19.3. The lowest BCUT2D eigenvalue weighted by Gasteiger charge is -2.22. The van der Waals surface area contributed by atoms with Crippen molar-refractivity contribution in [3.05, 3.63) is 119 Å². The largest absolute Gasteiger partial charge is 0.467 e. The average molecular weight is 582 g/mol. The lowest BCUT2D eigenvalue weighted by Crippen LogP contribution is -2.30. The summed E-state index contributed by atoms with van der Waals surface area (Å²) in [4.78, 5) is 27.1. The first kappa shape index (κ1) is 28.9. The summed E-state index contributed by atoms with van der Waals surface area (Å²) in [5, 5.41) is 0.334. The summed E-state index contributed by atoms with van der Waals surface area (Å²) >= 11 is 6.27. The predicted octanol–water partition coefficient (Wildman–Crippen LogP) is 6.50. The molecule has 0 unspecified atom stereocenters. The minimum Gasteiger partial charge on any atom is -0.467 e. The Morgan fingerprint density at radius 1 is 0.875 bits per heavy atom. The van der Waals surface area contributed by atoms with Crippen molar-refractivity contribution in [3.8, 4) is 5.75 Å². The summed E-state index contributed by atoms with van der Waals surface area (Å²) in [7, 11) is -4.34. The van der Waals surface area contributed by atoms with Crippen molar-refractivity contribution < 1.29 is 31.3 Å². The van der Waals surface area contributed by atoms with Gasteiger partial charge >= 0.3 is 16.1 Å². The zero-order valence-corrected chi connectivity index (χ0v) is 23.4. The first-order valence-corrected chi connectivity index (χ1v) is 14.4. The van der Waals surface area contributed by atoms with Gasteiger partial charge in [-0.25, -0.2) is 4.79 Å². The molecule has 208 valence electrons. The number of carbonyl (C=O) groups excluding carboxylic acids is 2. The molecule has 0 atom stereocenters. The smallest absolute Gasteiger partial charge is 0.340 e. The molecule has 0 aliphatic carbocycles. The van der Waals surface area contributed by atoms with Gasteiger partial charge in [-0.2, -0.15) is 8.42 Å². The number of nitrogens with zero attached hydrogens (tertiary/aromatic N) is 1. The van der Waals surface area contributed by atoms with Crippen LogP contribution < -0.4 is 4.18 Å². The number of hydrogen-bond donors (Lipinski definition) is 0. The quantitative estimate of drug-likeness (QED) is 0.107. The number of amides is 1. The monoisotopic (exact) mass is 581 g/mol. The average Bonchev–Trinajstić information content (AvgIpc) is 3.47. The van der Waals surface area contributed by atoms with Gasteiger partial charge in [0, 0.05) is 6.54 Å². The van der Waals surface area contributed by atoms with Crippen LogP contribution in [0.5, 0.6) is 5.75 Å². The number of carbonyl (C=O) groups is 2. The molecule has 3 aromatic carbocycles. The third-order valence-electron chi connectivity index (χ3n) is 5.93. The van der Waals surface area contributed by atoms with Gasteiger partial charge in [0.05, 0.1) is 35.6 Å². The molecule has 0 radical (unpaired) electrons. The molecule has 40 heavy (non-hydrogen) atoms. The zero-order chi connectivity index (χ0) is 28.5. The number of furan rings is 1. The van der Waals surface area contributed by atoms with E-state index in [-0.39, 0.29) is 41.8 Å². The first-order valence-electron chi connectivity index (χ1n) is 12.6. The van der Waals surface area contributed by atoms with Crippen LogP contribution in [-0.4, -0.2) is 31.8 Å². The number of halogens is 1. The molecule has 8 nitrogen and oxygen atoms in total. The van der Waals surface area contributed by atoms with Gasteiger partial charge in [0.15, 0.2) is 0 Å². The van der Waals surface area contributed by atoms with Crippen molar-refractivity contribution in [2.75, 3.05) is 6.61 Å². The van der Waals surface area contributed by atoms with Gasteiger partial charge in [-0.1, -0.05) is 61.3 Å². The Morgan fingerprint density at radius 2 is 1.57 bits per heavy atom. The van der Waals surface area contributed by atoms with Gasteiger partial charge in [-0.05, 0) is 60.5 Å². The molecule has 1 heterocycles.